The zero-order chi connectivity index (χ0) is 20.1. The summed E-state index contributed by atoms with van der Waals surface area (Å²) in [6, 6.07) is 9.83. The molecule has 8 saturated carbocycles. The number of nitrogens with one attached hydrogen (secondary N) is 1. The van der Waals surface area contributed by atoms with Crippen molar-refractivity contribution in [3.8, 4) is 0 Å². The Labute approximate surface area is 181 Å². The van der Waals surface area contributed by atoms with Crippen LogP contribution in [0.15, 0.2) is 24.3 Å². The van der Waals surface area contributed by atoms with Gasteiger partial charge in [-0.1, -0.05) is 29.8 Å². The second-order valence-electron chi connectivity index (χ2n) is 12.8. The lowest BCUT2D eigenvalue weighted by Crippen LogP contribution is -2.63. The molecular weight excluding hydrogens is 366 g/mol. The summed E-state index contributed by atoms with van der Waals surface area (Å²) in [6.45, 7) is 2.18. The molecule has 0 radical (unpaired) electrons. The lowest BCUT2D eigenvalue weighted by Gasteiger charge is -2.62. The van der Waals surface area contributed by atoms with Gasteiger partial charge in [-0.05, 0) is 124 Å². The number of carbonyl (C=O) groups is 1. The van der Waals surface area contributed by atoms with E-state index in [0.29, 0.717) is 11.9 Å². The second kappa shape index (κ2) is 6.14. The summed E-state index contributed by atoms with van der Waals surface area (Å²) in [6.07, 6.45) is 14.5. The molecule has 1 aromatic carbocycles. The van der Waals surface area contributed by atoms with E-state index < -0.39 is 0 Å². The molecule has 8 bridgehead atoms. The SMILES string of the molecule is Cc1ccc(C23CC4CC(CC(C(=O)NC5C6CC7CC(C6)CC5C7)(C4)C2)C3)cc1. The molecule has 0 saturated heterocycles. The summed E-state index contributed by atoms with van der Waals surface area (Å²) < 4.78 is 0. The van der Waals surface area contributed by atoms with Crippen molar-refractivity contribution in [2.75, 3.05) is 0 Å². The van der Waals surface area contributed by atoms with E-state index in [9.17, 15) is 4.79 Å². The first-order chi connectivity index (χ1) is 14.5. The number of amides is 1. The van der Waals surface area contributed by atoms with Crippen molar-refractivity contribution < 1.29 is 4.79 Å². The predicted molar refractivity (Wildman–Crippen MR) is 119 cm³/mol. The highest BCUT2D eigenvalue weighted by molar-refractivity contribution is 5.84. The van der Waals surface area contributed by atoms with Crippen LogP contribution in [0.1, 0.15) is 81.8 Å². The van der Waals surface area contributed by atoms with E-state index in [2.05, 4.69) is 36.5 Å². The molecule has 0 aromatic heterocycles. The van der Waals surface area contributed by atoms with E-state index in [-0.39, 0.29) is 10.8 Å². The van der Waals surface area contributed by atoms with Gasteiger partial charge < -0.3 is 5.32 Å². The minimum atomic E-state index is -0.0797. The summed E-state index contributed by atoms with van der Waals surface area (Å²) >= 11 is 0. The van der Waals surface area contributed by atoms with Gasteiger partial charge in [0.15, 0.2) is 0 Å². The maximum Gasteiger partial charge on any atom is 0.226 e. The molecule has 30 heavy (non-hydrogen) atoms. The zero-order valence-electron chi connectivity index (χ0n) is 18.5. The molecule has 160 valence electrons. The molecule has 9 rings (SSSR count). The van der Waals surface area contributed by atoms with Crippen molar-refractivity contribution >= 4 is 5.91 Å². The Balaban J connectivity index is 1.17. The van der Waals surface area contributed by atoms with Crippen LogP contribution in [0.5, 0.6) is 0 Å². The standard InChI is InChI=1S/C28H37NO/c1-17-2-4-24(5-3-17)27-12-20-7-21(13-27)15-28(14-20,16-27)26(30)29-25-22-8-18-6-19(10-22)11-23(25)9-18/h2-5,18-23,25H,6-16H2,1H3,(H,29,30). The summed E-state index contributed by atoms with van der Waals surface area (Å²) in [5, 5.41) is 3.76. The van der Waals surface area contributed by atoms with Crippen molar-refractivity contribution in [1.82, 2.24) is 5.32 Å². The number of hydrogen-bond acceptors (Lipinski definition) is 1. The number of aryl methyl sites for hydroxylation is 1. The van der Waals surface area contributed by atoms with Crippen LogP contribution in [0.3, 0.4) is 0 Å². The highest BCUT2D eigenvalue weighted by atomic mass is 16.2. The van der Waals surface area contributed by atoms with Crippen molar-refractivity contribution in [2.24, 2.45) is 40.9 Å². The number of hydrogen-bond donors (Lipinski definition) is 1. The molecule has 2 nitrogen and oxygen atoms in total. The van der Waals surface area contributed by atoms with Crippen LogP contribution in [-0.4, -0.2) is 11.9 Å². The van der Waals surface area contributed by atoms with Gasteiger partial charge in [0.2, 0.25) is 5.91 Å². The fourth-order valence-electron chi connectivity index (χ4n) is 10.2. The lowest BCUT2D eigenvalue weighted by atomic mass is 9.42. The first-order valence-electron chi connectivity index (χ1n) is 12.9. The molecule has 0 spiro atoms. The second-order valence-corrected chi connectivity index (χ2v) is 12.8. The van der Waals surface area contributed by atoms with E-state index in [4.69, 9.17) is 0 Å². The minimum Gasteiger partial charge on any atom is -0.352 e. The predicted octanol–water partition coefficient (Wildman–Crippen LogP) is 5.77. The molecular formula is C28H37NO. The Morgan fingerprint density at radius 1 is 0.800 bits per heavy atom. The lowest BCUT2D eigenvalue weighted by molar-refractivity contribution is -0.152. The van der Waals surface area contributed by atoms with Gasteiger partial charge in [-0.15, -0.1) is 0 Å². The normalized spacial score (nSPS) is 50.1. The quantitative estimate of drug-likeness (QED) is 0.681. The Morgan fingerprint density at radius 3 is 1.97 bits per heavy atom. The van der Waals surface area contributed by atoms with E-state index in [0.717, 1.165) is 54.8 Å². The number of benzene rings is 1. The van der Waals surface area contributed by atoms with Crippen LogP contribution in [0.4, 0.5) is 0 Å². The number of carbonyl (C=O) groups excluding carboxylic acids is 1. The third-order valence-electron chi connectivity index (χ3n) is 10.7. The van der Waals surface area contributed by atoms with Gasteiger partial charge in [0.25, 0.3) is 0 Å². The van der Waals surface area contributed by atoms with Crippen LogP contribution in [0.2, 0.25) is 0 Å². The minimum absolute atomic E-state index is 0.0797. The summed E-state index contributed by atoms with van der Waals surface area (Å²) in [7, 11) is 0. The molecule has 0 aliphatic heterocycles. The maximum absolute atomic E-state index is 14.0. The zero-order valence-corrected chi connectivity index (χ0v) is 18.5. The van der Waals surface area contributed by atoms with Gasteiger partial charge >= 0.3 is 0 Å². The van der Waals surface area contributed by atoms with Gasteiger partial charge in [0, 0.05) is 6.04 Å². The van der Waals surface area contributed by atoms with Crippen molar-refractivity contribution in [3.05, 3.63) is 35.4 Å². The Morgan fingerprint density at radius 2 is 1.37 bits per heavy atom. The van der Waals surface area contributed by atoms with Gasteiger partial charge in [-0.3, -0.25) is 4.79 Å². The van der Waals surface area contributed by atoms with Crippen molar-refractivity contribution in [2.45, 2.75) is 89.0 Å². The van der Waals surface area contributed by atoms with E-state index in [1.165, 1.54) is 62.5 Å². The van der Waals surface area contributed by atoms with Crippen LogP contribution < -0.4 is 5.32 Å². The summed E-state index contributed by atoms with van der Waals surface area (Å²) in [5.74, 6) is 5.50. The monoisotopic (exact) mass is 403 g/mol. The first-order valence-corrected chi connectivity index (χ1v) is 12.9. The maximum atomic E-state index is 14.0. The first kappa shape index (κ1) is 18.3. The summed E-state index contributed by atoms with van der Waals surface area (Å²) in [4.78, 5) is 14.0. The van der Waals surface area contributed by atoms with Crippen molar-refractivity contribution in [3.63, 3.8) is 0 Å². The van der Waals surface area contributed by atoms with Crippen LogP contribution in [0, 0.1) is 47.8 Å². The van der Waals surface area contributed by atoms with E-state index >= 15 is 0 Å². The van der Waals surface area contributed by atoms with Crippen LogP contribution in [-0.2, 0) is 10.2 Å². The molecule has 2 atom stereocenters. The fourth-order valence-corrected chi connectivity index (χ4v) is 10.2. The molecule has 2 heteroatoms. The molecule has 1 aromatic rings. The highest BCUT2D eigenvalue weighted by Gasteiger charge is 2.61. The average Bonchev–Trinajstić information content (AvgIpc) is 2.69. The topological polar surface area (TPSA) is 29.1 Å². The van der Waals surface area contributed by atoms with Gasteiger partial charge in [-0.25, -0.2) is 0 Å². The largest absolute Gasteiger partial charge is 0.352 e. The molecule has 1 N–H and O–H groups in total. The third kappa shape index (κ3) is 2.58. The smallest absolute Gasteiger partial charge is 0.226 e. The van der Waals surface area contributed by atoms with Gasteiger partial charge in [0.05, 0.1) is 5.41 Å². The van der Waals surface area contributed by atoms with Crippen LogP contribution >= 0.6 is 0 Å². The molecule has 2 unspecified atom stereocenters. The van der Waals surface area contributed by atoms with E-state index in [1.807, 2.05) is 0 Å². The fraction of sp³-hybridized carbons (Fsp3) is 0.750. The Kier molecular flexibility index (Phi) is 3.74. The molecule has 8 aliphatic rings. The number of rotatable bonds is 3. The van der Waals surface area contributed by atoms with E-state index in [1.54, 1.807) is 0 Å². The molecule has 1 amide bonds. The van der Waals surface area contributed by atoms with Gasteiger partial charge in [-0.2, -0.15) is 0 Å². The molecule has 8 aliphatic carbocycles. The third-order valence-corrected chi connectivity index (χ3v) is 10.7. The molecule has 0 heterocycles. The Bertz CT molecular complexity index is 827. The van der Waals surface area contributed by atoms with Gasteiger partial charge in [0.1, 0.15) is 0 Å². The summed E-state index contributed by atoms with van der Waals surface area (Å²) in [5.41, 5.74) is 3.05. The Hall–Kier alpha value is -1.31. The average molecular weight is 404 g/mol. The van der Waals surface area contributed by atoms with Crippen LogP contribution in [0.25, 0.3) is 0 Å². The molecule has 8 fully saturated rings. The van der Waals surface area contributed by atoms with Crippen molar-refractivity contribution in [1.29, 1.82) is 0 Å². The highest BCUT2D eigenvalue weighted by Crippen LogP contribution is 2.66.